The van der Waals surface area contributed by atoms with E-state index in [0.717, 1.165) is 37.2 Å². The number of anilines is 1. The van der Waals surface area contributed by atoms with E-state index in [1.165, 1.54) is 18.4 Å². The largest absolute Gasteiger partial charge is 0.468 e. The lowest BCUT2D eigenvalue weighted by atomic mass is 10.2. The number of aliphatic imine (C=N–C) groups is 1. The monoisotopic (exact) mass is 370 g/mol. The Morgan fingerprint density at radius 2 is 2.11 bits per heavy atom. The van der Waals surface area contributed by atoms with Gasteiger partial charge in [-0.1, -0.05) is 0 Å². The second-order valence-corrected chi connectivity index (χ2v) is 7.00. The second-order valence-electron chi connectivity index (χ2n) is 7.00. The van der Waals surface area contributed by atoms with Crippen LogP contribution in [0.3, 0.4) is 0 Å². The van der Waals surface area contributed by atoms with Crippen molar-refractivity contribution < 1.29 is 4.42 Å². The molecule has 0 aromatic carbocycles. The minimum absolute atomic E-state index is 0.224. The van der Waals surface area contributed by atoms with Gasteiger partial charge < -0.3 is 20.0 Å². The van der Waals surface area contributed by atoms with Crippen LogP contribution in [0.1, 0.15) is 30.2 Å². The molecule has 27 heavy (non-hydrogen) atoms. The summed E-state index contributed by atoms with van der Waals surface area (Å²) in [7, 11) is 5.78. The van der Waals surface area contributed by atoms with E-state index in [1.54, 1.807) is 13.3 Å². The van der Waals surface area contributed by atoms with Crippen molar-refractivity contribution in [2.75, 3.05) is 45.7 Å². The molecule has 0 spiro atoms. The van der Waals surface area contributed by atoms with Gasteiger partial charge in [-0.15, -0.1) is 0 Å². The number of furan rings is 1. The van der Waals surface area contributed by atoms with Crippen LogP contribution >= 0.6 is 0 Å². The zero-order valence-corrected chi connectivity index (χ0v) is 16.5. The maximum Gasteiger partial charge on any atom is 0.191 e. The first-order chi connectivity index (χ1) is 13.2. The summed E-state index contributed by atoms with van der Waals surface area (Å²) in [6.45, 7) is 3.68. The van der Waals surface area contributed by atoms with Gasteiger partial charge in [0.25, 0.3) is 0 Å². The second kappa shape index (κ2) is 9.41. The van der Waals surface area contributed by atoms with Crippen molar-refractivity contribution in [1.82, 2.24) is 20.5 Å². The average molecular weight is 371 g/mol. The van der Waals surface area contributed by atoms with Crippen LogP contribution in [0.4, 0.5) is 5.82 Å². The summed E-state index contributed by atoms with van der Waals surface area (Å²) in [5, 5.41) is 6.84. The van der Waals surface area contributed by atoms with Crippen LogP contribution in [0, 0.1) is 0 Å². The Morgan fingerprint density at radius 3 is 2.78 bits per heavy atom. The van der Waals surface area contributed by atoms with E-state index >= 15 is 0 Å². The molecule has 1 atom stereocenters. The van der Waals surface area contributed by atoms with Gasteiger partial charge in [0.2, 0.25) is 0 Å². The fraction of sp³-hybridized carbons (Fsp3) is 0.500. The first-order valence-corrected chi connectivity index (χ1v) is 9.51. The van der Waals surface area contributed by atoms with Gasteiger partial charge in [-0.25, -0.2) is 4.98 Å². The molecule has 0 aliphatic carbocycles. The molecule has 0 saturated carbocycles. The van der Waals surface area contributed by atoms with Crippen molar-refractivity contribution >= 4 is 11.8 Å². The fourth-order valence-electron chi connectivity index (χ4n) is 3.36. The topological polar surface area (TPSA) is 68.9 Å². The van der Waals surface area contributed by atoms with E-state index in [0.29, 0.717) is 6.54 Å². The van der Waals surface area contributed by atoms with Crippen molar-refractivity contribution in [1.29, 1.82) is 0 Å². The molecule has 3 heterocycles. The van der Waals surface area contributed by atoms with Gasteiger partial charge in [0, 0.05) is 40.4 Å². The van der Waals surface area contributed by atoms with Crippen molar-refractivity contribution in [3.63, 3.8) is 0 Å². The molecule has 1 fully saturated rings. The standard InChI is InChI=1S/C20H30N6O/c1-21-20(23-14-16-8-9-22-19(13-16)25(2)3)24-15-17(18-7-6-12-27-18)26-10-4-5-11-26/h6-9,12-13,17H,4-5,10-11,14-15H2,1-3H3,(H2,21,23,24). The zero-order valence-electron chi connectivity index (χ0n) is 16.5. The Bertz CT molecular complexity index is 722. The van der Waals surface area contributed by atoms with Crippen molar-refractivity contribution in [2.24, 2.45) is 4.99 Å². The van der Waals surface area contributed by atoms with Crippen molar-refractivity contribution in [3.05, 3.63) is 48.0 Å². The van der Waals surface area contributed by atoms with Crippen LogP contribution in [-0.2, 0) is 6.54 Å². The summed E-state index contributed by atoms with van der Waals surface area (Å²) < 4.78 is 5.69. The lowest BCUT2D eigenvalue weighted by molar-refractivity contribution is 0.215. The van der Waals surface area contributed by atoms with Crippen LogP contribution in [0.25, 0.3) is 0 Å². The van der Waals surface area contributed by atoms with E-state index in [1.807, 2.05) is 37.3 Å². The van der Waals surface area contributed by atoms with Crippen molar-refractivity contribution in [3.8, 4) is 0 Å². The molecular weight excluding hydrogens is 340 g/mol. The number of nitrogens with one attached hydrogen (secondary N) is 2. The van der Waals surface area contributed by atoms with Crippen molar-refractivity contribution in [2.45, 2.75) is 25.4 Å². The molecule has 1 unspecified atom stereocenters. The lowest BCUT2D eigenvalue weighted by Gasteiger charge is -2.26. The van der Waals surface area contributed by atoms with Gasteiger partial charge >= 0.3 is 0 Å². The Hall–Kier alpha value is -2.54. The third-order valence-electron chi connectivity index (χ3n) is 4.87. The number of likely N-dealkylation sites (tertiary alicyclic amines) is 1. The SMILES string of the molecule is CN=C(NCc1ccnc(N(C)C)c1)NCC(c1ccco1)N1CCCC1. The van der Waals surface area contributed by atoms with E-state index < -0.39 is 0 Å². The molecule has 7 heteroatoms. The molecule has 2 aromatic rings. The highest BCUT2D eigenvalue weighted by Gasteiger charge is 2.25. The molecule has 0 amide bonds. The molecule has 2 N–H and O–H groups in total. The molecule has 7 nitrogen and oxygen atoms in total. The number of hydrogen-bond donors (Lipinski definition) is 2. The quantitative estimate of drug-likeness (QED) is 0.575. The lowest BCUT2D eigenvalue weighted by Crippen LogP contribution is -2.42. The van der Waals surface area contributed by atoms with E-state index in [4.69, 9.17) is 4.42 Å². The van der Waals surface area contributed by atoms with E-state index in [9.17, 15) is 0 Å². The van der Waals surface area contributed by atoms with Crippen LogP contribution in [-0.4, -0.2) is 56.6 Å². The van der Waals surface area contributed by atoms with Gasteiger partial charge in [0.05, 0.1) is 12.3 Å². The summed E-state index contributed by atoms with van der Waals surface area (Å²) in [6.07, 6.45) is 6.08. The van der Waals surface area contributed by atoms with Crippen LogP contribution < -0.4 is 15.5 Å². The number of hydrogen-bond acceptors (Lipinski definition) is 5. The highest BCUT2D eigenvalue weighted by Crippen LogP contribution is 2.24. The molecule has 2 aromatic heterocycles. The number of rotatable bonds is 7. The first-order valence-electron chi connectivity index (χ1n) is 9.51. The average Bonchev–Trinajstić information content (AvgIpc) is 3.39. The van der Waals surface area contributed by atoms with Crippen LogP contribution in [0.5, 0.6) is 0 Å². The van der Waals surface area contributed by atoms with E-state index in [2.05, 4.69) is 37.6 Å². The fourth-order valence-corrected chi connectivity index (χ4v) is 3.36. The molecule has 1 aliphatic rings. The number of pyridine rings is 1. The van der Waals surface area contributed by atoms with Gasteiger partial charge in [-0.05, 0) is 55.8 Å². The Balaban J connectivity index is 1.57. The number of aromatic nitrogens is 1. The van der Waals surface area contributed by atoms with Crippen LogP contribution in [0.15, 0.2) is 46.1 Å². The molecule has 3 rings (SSSR count). The molecule has 146 valence electrons. The molecule has 0 radical (unpaired) electrons. The van der Waals surface area contributed by atoms with Gasteiger partial charge in [-0.2, -0.15) is 0 Å². The molecule has 1 aliphatic heterocycles. The number of guanidine groups is 1. The summed E-state index contributed by atoms with van der Waals surface area (Å²) >= 11 is 0. The summed E-state index contributed by atoms with van der Waals surface area (Å²) in [5.74, 6) is 2.74. The van der Waals surface area contributed by atoms with Gasteiger partial charge in [0.1, 0.15) is 11.6 Å². The maximum absolute atomic E-state index is 5.69. The molecule has 1 saturated heterocycles. The minimum Gasteiger partial charge on any atom is -0.468 e. The normalized spacial score (nSPS) is 16.3. The predicted molar refractivity (Wildman–Crippen MR) is 109 cm³/mol. The Kier molecular flexibility index (Phi) is 6.70. The minimum atomic E-state index is 0.224. The maximum atomic E-state index is 5.69. The summed E-state index contributed by atoms with van der Waals surface area (Å²) in [6, 6.07) is 8.33. The zero-order chi connectivity index (χ0) is 19.1. The van der Waals surface area contributed by atoms with E-state index in [-0.39, 0.29) is 6.04 Å². The number of nitrogens with zero attached hydrogens (tertiary/aromatic N) is 4. The van der Waals surface area contributed by atoms with Gasteiger partial charge in [0.15, 0.2) is 5.96 Å². The Labute approximate surface area is 161 Å². The third-order valence-corrected chi connectivity index (χ3v) is 4.87. The highest BCUT2D eigenvalue weighted by atomic mass is 16.3. The Morgan fingerprint density at radius 1 is 1.30 bits per heavy atom. The summed E-state index contributed by atoms with van der Waals surface area (Å²) in [5.41, 5.74) is 1.17. The predicted octanol–water partition coefficient (Wildman–Crippen LogP) is 2.24. The molecule has 0 bridgehead atoms. The highest BCUT2D eigenvalue weighted by molar-refractivity contribution is 5.79. The van der Waals surface area contributed by atoms with Gasteiger partial charge in [-0.3, -0.25) is 9.89 Å². The first kappa shape index (κ1) is 19.2. The molecular formula is C20H30N6O. The third kappa shape index (κ3) is 5.23. The smallest absolute Gasteiger partial charge is 0.191 e. The van der Waals surface area contributed by atoms with Crippen LogP contribution in [0.2, 0.25) is 0 Å². The summed E-state index contributed by atoms with van der Waals surface area (Å²) in [4.78, 5) is 13.2.